The summed E-state index contributed by atoms with van der Waals surface area (Å²) in [5, 5.41) is 2.82. The minimum atomic E-state index is -0.171. The zero-order valence-corrected chi connectivity index (χ0v) is 10.3. The first kappa shape index (κ1) is 13.7. The molecule has 4 nitrogen and oxygen atoms in total. The lowest BCUT2D eigenvalue weighted by molar-refractivity contribution is -0.126. The van der Waals surface area contributed by atoms with Crippen LogP contribution in [-0.4, -0.2) is 26.2 Å². The van der Waals surface area contributed by atoms with Gasteiger partial charge in [0.25, 0.3) is 0 Å². The highest BCUT2D eigenvalue weighted by molar-refractivity contribution is 5.78. The van der Waals surface area contributed by atoms with Crippen LogP contribution < -0.4 is 11.1 Å². The molecule has 0 saturated heterocycles. The summed E-state index contributed by atoms with van der Waals surface area (Å²) in [4.78, 5) is 11.6. The Bertz CT molecular complexity index is 341. The van der Waals surface area contributed by atoms with Crippen LogP contribution in [0.4, 0.5) is 0 Å². The Hall–Kier alpha value is -1.39. The normalized spacial score (nSPS) is 14.1. The van der Waals surface area contributed by atoms with Gasteiger partial charge in [-0.05, 0) is 5.56 Å². The van der Waals surface area contributed by atoms with Gasteiger partial charge in [0.1, 0.15) is 0 Å². The van der Waals surface area contributed by atoms with E-state index in [9.17, 15) is 4.79 Å². The third-order valence-electron chi connectivity index (χ3n) is 2.59. The number of carbonyl (C=O) groups excluding carboxylic acids is 1. The first-order chi connectivity index (χ1) is 8.15. The van der Waals surface area contributed by atoms with Crippen molar-refractivity contribution in [2.45, 2.75) is 13.0 Å². The highest BCUT2D eigenvalue weighted by Crippen LogP contribution is 2.08. The van der Waals surface area contributed by atoms with E-state index in [0.717, 1.165) is 5.56 Å². The van der Waals surface area contributed by atoms with Gasteiger partial charge >= 0.3 is 0 Å². The summed E-state index contributed by atoms with van der Waals surface area (Å²) in [7, 11) is 1.58. The fourth-order valence-electron chi connectivity index (χ4n) is 1.53. The zero-order valence-electron chi connectivity index (χ0n) is 10.3. The lowest BCUT2D eigenvalue weighted by atomic mass is 10.1. The van der Waals surface area contributed by atoms with Crippen LogP contribution in [0.15, 0.2) is 30.3 Å². The van der Waals surface area contributed by atoms with Crippen LogP contribution in [0.1, 0.15) is 18.5 Å². The van der Waals surface area contributed by atoms with Gasteiger partial charge in [0.15, 0.2) is 0 Å². The summed E-state index contributed by atoms with van der Waals surface area (Å²) in [6, 6.07) is 9.55. The van der Waals surface area contributed by atoms with Crippen LogP contribution in [0.3, 0.4) is 0 Å². The van der Waals surface area contributed by atoms with E-state index in [0.29, 0.717) is 13.2 Å². The number of nitrogens with one attached hydrogen (secondary N) is 1. The van der Waals surface area contributed by atoms with E-state index in [1.165, 1.54) is 0 Å². The van der Waals surface area contributed by atoms with E-state index < -0.39 is 0 Å². The van der Waals surface area contributed by atoms with Crippen LogP contribution >= 0.6 is 0 Å². The summed E-state index contributed by atoms with van der Waals surface area (Å²) in [6.45, 7) is 2.69. The third kappa shape index (κ3) is 4.54. The molecule has 1 amide bonds. The standard InChI is InChI=1S/C13H20N2O2/c1-10(9-17-2)13(16)15-8-12(14)11-6-4-3-5-7-11/h3-7,10,12H,8-9,14H2,1-2H3,(H,15,16). The molecule has 2 atom stereocenters. The van der Waals surface area contributed by atoms with Gasteiger partial charge in [-0.15, -0.1) is 0 Å². The maximum atomic E-state index is 11.6. The van der Waals surface area contributed by atoms with Crippen LogP contribution in [0.5, 0.6) is 0 Å². The van der Waals surface area contributed by atoms with Gasteiger partial charge in [-0.3, -0.25) is 4.79 Å². The van der Waals surface area contributed by atoms with Crippen LogP contribution in [0.2, 0.25) is 0 Å². The number of hydrogen-bond donors (Lipinski definition) is 2. The van der Waals surface area contributed by atoms with Crippen molar-refractivity contribution in [1.29, 1.82) is 0 Å². The zero-order chi connectivity index (χ0) is 12.7. The highest BCUT2D eigenvalue weighted by atomic mass is 16.5. The van der Waals surface area contributed by atoms with Crippen molar-refractivity contribution in [3.05, 3.63) is 35.9 Å². The molecular formula is C13H20N2O2. The lowest BCUT2D eigenvalue weighted by Gasteiger charge is -2.15. The largest absolute Gasteiger partial charge is 0.384 e. The maximum Gasteiger partial charge on any atom is 0.225 e. The Morgan fingerprint density at radius 2 is 2.06 bits per heavy atom. The first-order valence-corrected chi connectivity index (χ1v) is 5.72. The SMILES string of the molecule is COCC(C)C(=O)NCC(N)c1ccccc1. The van der Waals surface area contributed by atoms with E-state index >= 15 is 0 Å². The number of nitrogens with two attached hydrogens (primary N) is 1. The average molecular weight is 236 g/mol. The lowest BCUT2D eigenvalue weighted by Crippen LogP contribution is -2.36. The van der Waals surface area contributed by atoms with Crippen molar-refractivity contribution in [2.24, 2.45) is 11.7 Å². The Morgan fingerprint density at radius 1 is 1.41 bits per heavy atom. The van der Waals surface area contributed by atoms with E-state index in [1.54, 1.807) is 7.11 Å². The second-order valence-electron chi connectivity index (χ2n) is 4.12. The molecule has 4 heteroatoms. The van der Waals surface area contributed by atoms with E-state index in [2.05, 4.69) is 5.32 Å². The highest BCUT2D eigenvalue weighted by Gasteiger charge is 2.13. The van der Waals surface area contributed by atoms with Crippen molar-refractivity contribution in [3.8, 4) is 0 Å². The predicted molar refractivity (Wildman–Crippen MR) is 67.4 cm³/mol. The van der Waals surface area contributed by atoms with Crippen molar-refractivity contribution >= 4 is 5.91 Å². The number of rotatable bonds is 6. The number of ether oxygens (including phenoxy) is 1. The number of amides is 1. The molecule has 3 N–H and O–H groups in total. The summed E-state index contributed by atoms with van der Waals surface area (Å²) < 4.78 is 4.92. The van der Waals surface area contributed by atoms with Crippen LogP contribution in [0, 0.1) is 5.92 Å². The van der Waals surface area contributed by atoms with E-state index in [-0.39, 0.29) is 17.9 Å². The molecule has 0 radical (unpaired) electrons. The van der Waals surface area contributed by atoms with E-state index in [4.69, 9.17) is 10.5 Å². The van der Waals surface area contributed by atoms with Gasteiger partial charge in [0, 0.05) is 19.7 Å². The molecule has 0 aliphatic heterocycles. The van der Waals surface area contributed by atoms with Crippen molar-refractivity contribution < 1.29 is 9.53 Å². The molecule has 0 saturated carbocycles. The molecule has 1 rings (SSSR count). The summed E-state index contributed by atoms with van der Waals surface area (Å²) in [6.07, 6.45) is 0. The molecule has 0 bridgehead atoms. The van der Waals surface area contributed by atoms with Gasteiger partial charge in [0.2, 0.25) is 5.91 Å². The monoisotopic (exact) mass is 236 g/mol. The first-order valence-electron chi connectivity index (χ1n) is 5.72. The van der Waals surface area contributed by atoms with Gasteiger partial charge in [-0.1, -0.05) is 37.3 Å². The van der Waals surface area contributed by atoms with Gasteiger partial charge in [-0.2, -0.15) is 0 Å². The smallest absolute Gasteiger partial charge is 0.225 e. The minimum absolute atomic E-state index is 0.0294. The number of carbonyl (C=O) groups is 1. The molecule has 94 valence electrons. The molecule has 17 heavy (non-hydrogen) atoms. The fraction of sp³-hybridized carbons (Fsp3) is 0.462. The number of hydrogen-bond acceptors (Lipinski definition) is 3. The van der Waals surface area contributed by atoms with Gasteiger partial charge in [0.05, 0.1) is 12.5 Å². The molecule has 0 aliphatic carbocycles. The van der Waals surface area contributed by atoms with Crippen LogP contribution in [0.25, 0.3) is 0 Å². The molecule has 0 aromatic heterocycles. The second-order valence-corrected chi connectivity index (χ2v) is 4.12. The van der Waals surface area contributed by atoms with E-state index in [1.807, 2.05) is 37.3 Å². The molecule has 0 heterocycles. The molecule has 0 aliphatic rings. The van der Waals surface area contributed by atoms with Crippen LogP contribution in [-0.2, 0) is 9.53 Å². The number of methoxy groups -OCH3 is 1. The maximum absolute atomic E-state index is 11.6. The van der Waals surface area contributed by atoms with Gasteiger partial charge in [-0.25, -0.2) is 0 Å². The quantitative estimate of drug-likeness (QED) is 0.777. The molecule has 1 aromatic rings. The molecule has 2 unspecified atom stereocenters. The Kier molecular flexibility index (Phi) is 5.66. The summed E-state index contributed by atoms with van der Waals surface area (Å²) in [5.41, 5.74) is 6.99. The van der Waals surface area contributed by atoms with Crippen molar-refractivity contribution in [3.63, 3.8) is 0 Å². The Labute approximate surface area is 102 Å². The molecule has 0 spiro atoms. The molecular weight excluding hydrogens is 216 g/mol. The molecule has 0 fully saturated rings. The summed E-state index contributed by atoms with van der Waals surface area (Å²) in [5.74, 6) is -0.179. The van der Waals surface area contributed by atoms with Gasteiger partial charge < -0.3 is 15.8 Å². The minimum Gasteiger partial charge on any atom is -0.384 e. The fourth-order valence-corrected chi connectivity index (χ4v) is 1.53. The average Bonchev–Trinajstić information content (AvgIpc) is 2.36. The molecule has 1 aromatic carbocycles. The number of benzene rings is 1. The topological polar surface area (TPSA) is 64.3 Å². The predicted octanol–water partition coefficient (Wildman–Crippen LogP) is 1.09. The second kappa shape index (κ2) is 7.04. The Morgan fingerprint density at radius 3 is 2.65 bits per heavy atom. The summed E-state index contributed by atoms with van der Waals surface area (Å²) >= 11 is 0. The van der Waals surface area contributed by atoms with Crippen molar-refractivity contribution in [1.82, 2.24) is 5.32 Å². The van der Waals surface area contributed by atoms with Crippen molar-refractivity contribution in [2.75, 3.05) is 20.3 Å². The third-order valence-corrected chi connectivity index (χ3v) is 2.59. The Balaban J connectivity index is 2.38.